The third kappa shape index (κ3) is 6.45. The molecule has 0 saturated heterocycles. The third-order valence-corrected chi connectivity index (χ3v) is 6.01. The Bertz CT molecular complexity index is 476. The van der Waals surface area contributed by atoms with Gasteiger partial charge in [0.05, 0.1) is 23.3 Å². The molecule has 0 aromatic carbocycles. The van der Waals surface area contributed by atoms with Crippen molar-refractivity contribution in [3.05, 3.63) is 0 Å². The van der Waals surface area contributed by atoms with Crippen molar-refractivity contribution < 1.29 is 19.8 Å². The molecule has 0 aliphatic rings. The Hall–Kier alpha value is -1.14. The van der Waals surface area contributed by atoms with E-state index in [-0.39, 0.29) is 0 Å². The quantitative estimate of drug-likeness (QED) is 0.470. The minimum Gasteiger partial charge on any atom is -0.388 e. The number of hydrogen-bond donors (Lipinski definition) is 4. The Kier molecular flexibility index (Phi) is 9.18. The highest BCUT2D eigenvalue weighted by Crippen LogP contribution is 2.34. The lowest BCUT2D eigenvalue weighted by Crippen LogP contribution is -2.64. The molecule has 6 nitrogen and oxygen atoms in total. The zero-order valence-corrected chi connectivity index (χ0v) is 19.7. The van der Waals surface area contributed by atoms with Crippen LogP contribution in [0.5, 0.6) is 0 Å². The molecule has 0 fully saturated rings. The maximum absolute atomic E-state index is 12.7. The maximum atomic E-state index is 12.7. The maximum Gasteiger partial charge on any atom is 0.309 e. The van der Waals surface area contributed by atoms with Crippen molar-refractivity contribution in [1.82, 2.24) is 10.6 Å². The topological polar surface area (TPSA) is 98.7 Å². The molecule has 0 aliphatic heterocycles. The van der Waals surface area contributed by atoms with E-state index in [4.69, 9.17) is 0 Å². The zero-order chi connectivity index (χ0) is 22.6. The minimum atomic E-state index is -1.11. The highest BCUT2D eigenvalue weighted by atomic mass is 16.3. The average Bonchev–Trinajstić information content (AvgIpc) is 2.60. The summed E-state index contributed by atoms with van der Waals surface area (Å²) in [5.74, 6) is -1.58. The summed E-state index contributed by atoms with van der Waals surface area (Å²) in [6, 6.07) is -1.17. The second kappa shape index (κ2) is 9.57. The number of hydrogen-bond acceptors (Lipinski definition) is 4. The summed E-state index contributed by atoms with van der Waals surface area (Å²) in [7, 11) is 0. The van der Waals surface area contributed by atoms with E-state index in [0.29, 0.717) is 25.7 Å². The van der Waals surface area contributed by atoms with Gasteiger partial charge >= 0.3 is 11.8 Å². The summed E-state index contributed by atoms with van der Waals surface area (Å²) in [6.07, 6.45) is 1.85. The normalized spacial score (nSPS) is 15.7. The monoisotopic (exact) mass is 400 g/mol. The van der Waals surface area contributed by atoms with Crippen LogP contribution in [0.2, 0.25) is 0 Å². The Morgan fingerprint density at radius 3 is 1.00 bits per heavy atom. The molecule has 0 bridgehead atoms. The van der Waals surface area contributed by atoms with Crippen LogP contribution in [-0.4, -0.2) is 45.3 Å². The molecule has 0 aromatic heterocycles. The summed E-state index contributed by atoms with van der Waals surface area (Å²) in [5.41, 5.74) is -3.09. The molecular weight excluding hydrogens is 356 g/mol. The minimum absolute atomic E-state index is 0.437. The van der Waals surface area contributed by atoms with E-state index in [1.54, 1.807) is 0 Å². The van der Waals surface area contributed by atoms with Crippen molar-refractivity contribution in [3.63, 3.8) is 0 Å². The summed E-state index contributed by atoms with van der Waals surface area (Å²) < 4.78 is 0. The highest BCUT2D eigenvalue weighted by molar-refractivity contribution is 6.35. The van der Waals surface area contributed by atoms with Gasteiger partial charge in [-0.1, -0.05) is 69.2 Å². The first-order valence-electron chi connectivity index (χ1n) is 10.6. The van der Waals surface area contributed by atoms with Gasteiger partial charge in [0.2, 0.25) is 0 Å². The Labute approximate surface area is 171 Å². The first-order valence-corrected chi connectivity index (χ1v) is 10.6. The van der Waals surface area contributed by atoms with Gasteiger partial charge in [0.15, 0.2) is 0 Å². The highest BCUT2D eigenvalue weighted by Gasteiger charge is 2.45. The molecule has 0 radical (unpaired) electrons. The van der Waals surface area contributed by atoms with Gasteiger partial charge in [0.25, 0.3) is 0 Å². The summed E-state index contributed by atoms with van der Waals surface area (Å²) in [5, 5.41) is 27.5. The number of amides is 2. The van der Waals surface area contributed by atoms with Crippen molar-refractivity contribution in [1.29, 1.82) is 0 Å². The molecule has 166 valence electrons. The standard InChI is InChI=1S/C22H44N2O4/c1-11-21(27,12-2)17(19(5,6)7)23-15(25)16(26)24-18(20(8,9)10)22(28,13-3)14-4/h17-18,27-28H,11-14H2,1-10H3,(H,23,25)(H,24,26)/t17-,18-/m1/s1. The molecule has 0 heterocycles. The molecule has 0 aromatic rings. The lowest BCUT2D eigenvalue weighted by atomic mass is 9.73. The fourth-order valence-corrected chi connectivity index (χ4v) is 4.02. The van der Waals surface area contributed by atoms with Crippen LogP contribution in [0.15, 0.2) is 0 Å². The molecule has 2 atom stereocenters. The number of rotatable bonds is 8. The molecule has 4 N–H and O–H groups in total. The fourth-order valence-electron chi connectivity index (χ4n) is 4.02. The molecule has 0 rings (SSSR count). The number of nitrogens with one attached hydrogen (secondary N) is 2. The van der Waals surface area contributed by atoms with Crippen molar-refractivity contribution >= 4 is 11.8 Å². The molecule has 0 spiro atoms. The van der Waals surface area contributed by atoms with E-state index in [1.165, 1.54) is 0 Å². The molecule has 0 unspecified atom stereocenters. The lowest BCUT2D eigenvalue weighted by Gasteiger charge is -2.44. The average molecular weight is 401 g/mol. The van der Waals surface area contributed by atoms with Gasteiger partial charge in [0.1, 0.15) is 0 Å². The zero-order valence-electron chi connectivity index (χ0n) is 19.7. The summed E-state index contributed by atoms with van der Waals surface area (Å²) >= 11 is 0. The smallest absolute Gasteiger partial charge is 0.309 e. The summed E-state index contributed by atoms with van der Waals surface area (Å²) in [4.78, 5) is 25.5. The van der Waals surface area contributed by atoms with Gasteiger partial charge in [-0.2, -0.15) is 0 Å². The van der Waals surface area contributed by atoms with Gasteiger partial charge in [-0.3, -0.25) is 9.59 Å². The van der Waals surface area contributed by atoms with Crippen molar-refractivity contribution in [3.8, 4) is 0 Å². The Morgan fingerprint density at radius 1 is 0.643 bits per heavy atom. The van der Waals surface area contributed by atoms with E-state index < -0.39 is 45.9 Å². The predicted octanol–water partition coefficient (Wildman–Crippen LogP) is 3.15. The molecule has 0 saturated carbocycles. The third-order valence-electron chi connectivity index (χ3n) is 6.01. The fraction of sp³-hybridized carbons (Fsp3) is 0.909. The SMILES string of the molecule is CCC(O)(CC)[C@H](NC(=O)C(=O)N[C@H](C(C)(C)C)C(O)(CC)CC)C(C)(C)C. The first kappa shape index (κ1) is 26.9. The molecule has 6 heteroatoms. The van der Waals surface area contributed by atoms with E-state index in [1.807, 2.05) is 69.2 Å². The van der Waals surface area contributed by atoms with Crippen LogP contribution >= 0.6 is 0 Å². The van der Waals surface area contributed by atoms with Crippen LogP contribution in [0.3, 0.4) is 0 Å². The van der Waals surface area contributed by atoms with Crippen molar-refractivity contribution in [2.24, 2.45) is 10.8 Å². The Balaban J connectivity index is 5.66. The van der Waals surface area contributed by atoms with E-state index in [2.05, 4.69) is 10.6 Å². The van der Waals surface area contributed by atoms with Crippen LogP contribution in [-0.2, 0) is 9.59 Å². The molecule has 28 heavy (non-hydrogen) atoms. The van der Waals surface area contributed by atoms with Crippen LogP contribution in [0.1, 0.15) is 94.9 Å². The number of carbonyl (C=O) groups excluding carboxylic acids is 2. The van der Waals surface area contributed by atoms with Crippen LogP contribution < -0.4 is 10.6 Å². The van der Waals surface area contributed by atoms with Gasteiger partial charge in [0, 0.05) is 0 Å². The Morgan fingerprint density at radius 2 is 0.857 bits per heavy atom. The second-order valence-corrected chi connectivity index (χ2v) is 10.2. The predicted molar refractivity (Wildman–Crippen MR) is 114 cm³/mol. The van der Waals surface area contributed by atoms with Crippen LogP contribution in [0, 0.1) is 10.8 Å². The van der Waals surface area contributed by atoms with E-state index in [9.17, 15) is 19.8 Å². The first-order chi connectivity index (χ1) is 12.5. The van der Waals surface area contributed by atoms with E-state index in [0.717, 1.165) is 0 Å². The largest absolute Gasteiger partial charge is 0.388 e. The number of aliphatic hydroxyl groups is 2. The van der Waals surface area contributed by atoms with Crippen molar-refractivity contribution in [2.45, 2.75) is 118 Å². The second-order valence-electron chi connectivity index (χ2n) is 10.2. The van der Waals surface area contributed by atoms with Gasteiger partial charge in [-0.25, -0.2) is 0 Å². The van der Waals surface area contributed by atoms with Gasteiger partial charge in [-0.15, -0.1) is 0 Å². The number of carbonyl (C=O) groups is 2. The van der Waals surface area contributed by atoms with Gasteiger partial charge in [-0.05, 0) is 36.5 Å². The molecule has 0 aliphatic carbocycles. The molecule has 2 amide bonds. The van der Waals surface area contributed by atoms with Crippen LogP contribution in [0.4, 0.5) is 0 Å². The lowest BCUT2D eigenvalue weighted by molar-refractivity contribution is -0.145. The molecular formula is C22H44N2O4. The summed E-state index contributed by atoms with van der Waals surface area (Å²) in [6.45, 7) is 19.0. The van der Waals surface area contributed by atoms with Crippen LogP contribution in [0.25, 0.3) is 0 Å². The van der Waals surface area contributed by atoms with Gasteiger partial charge < -0.3 is 20.8 Å². The van der Waals surface area contributed by atoms with E-state index >= 15 is 0 Å². The van der Waals surface area contributed by atoms with Crippen molar-refractivity contribution in [2.75, 3.05) is 0 Å².